The van der Waals surface area contributed by atoms with Crippen molar-refractivity contribution in [3.8, 4) is 0 Å². The number of benzene rings is 6. The van der Waals surface area contributed by atoms with Gasteiger partial charge < -0.3 is 120 Å². The summed E-state index contributed by atoms with van der Waals surface area (Å²) >= 11 is 27.6. The third kappa shape index (κ3) is 64.5. The van der Waals surface area contributed by atoms with E-state index >= 15 is 0 Å². The molecular formula is C90H128F6O10S6Ti3. The number of thiol groups is 2. The van der Waals surface area contributed by atoms with Crippen molar-refractivity contribution in [3.05, 3.63) is 224 Å². The molecule has 0 unspecified atom stereocenters. The number of carbonyl (C=O) groups is 5. The van der Waals surface area contributed by atoms with Crippen LogP contribution < -0.4 is 0 Å². The maximum absolute atomic E-state index is 11.9. The monoisotopic (exact) mass is 1820 g/mol. The summed E-state index contributed by atoms with van der Waals surface area (Å²) in [5, 5.41) is 23.0. The van der Waals surface area contributed by atoms with Crippen LogP contribution in [0.25, 0.3) is 0 Å². The number of esters is 2. The van der Waals surface area contributed by atoms with Gasteiger partial charge in [-0.3, -0.25) is 0 Å². The number of halogens is 6. The Bertz CT molecular complexity index is 3100. The molecule has 12 rings (SSSR count). The summed E-state index contributed by atoms with van der Waals surface area (Å²) in [5.41, 5.74) is 4.74. The van der Waals surface area contributed by atoms with Crippen LogP contribution in [0.5, 0.6) is 0 Å². The van der Waals surface area contributed by atoms with Crippen molar-refractivity contribution in [1.29, 1.82) is 0 Å². The average molecular weight is 1820 g/mol. The summed E-state index contributed by atoms with van der Waals surface area (Å²) in [6.07, 6.45) is 32.0. The van der Waals surface area contributed by atoms with Crippen LogP contribution in [0.1, 0.15) is 263 Å². The Morgan fingerprint density at radius 3 is 0.661 bits per heavy atom. The Morgan fingerprint density at radius 1 is 0.339 bits per heavy atom. The van der Waals surface area contributed by atoms with Gasteiger partial charge in [-0.05, 0) is 144 Å². The molecule has 6 saturated carbocycles. The first-order valence-electron chi connectivity index (χ1n) is 36.8. The van der Waals surface area contributed by atoms with Crippen molar-refractivity contribution >= 4 is 106 Å². The molecule has 0 spiro atoms. The van der Waals surface area contributed by atoms with Crippen molar-refractivity contribution in [2.24, 2.45) is 17.8 Å². The molecule has 638 valence electrons. The van der Waals surface area contributed by atoms with E-state index in [1.165, 1.54) is 190 Å². The fourth-order valence-corrected chi connectivity index (χ4v) is 12.6. The zero-order chi connectivity index (χ0) is 79.1. The van der Waals surface area contributed by atoms with Crippen molar-refractivity contribution in [2.45, 2.75) is 287 Å². The Morgan fingerprint density at radius 2 is 0.513 bits per heavy atom. The third-order valence-electron chi connectivity index (χ3n) is 17.2. The average Bonchev–Trinajstić information content (AvgIpc) is 1.75. The van der Waals surface area contributed by atoms with Gasteiger partial charge in [0.2, 0.25) is 0 Å². The number of aliphatic carboxylic acids is 2. The molecule has 3 N–H and O–H groups in total. The van der Waals surface area contributed by atoms with Gasteiger partial charge in [-0.15, -0.1) is 25.3 Å². The SMILES string of the molecule is C1CCCC1.C1CCCC1.C1CCCC1.CC(C)(C)OC(=O)c1ccc(CC2CCCC2)cc1.CC(C)(C)OC(=O)c1ccc(CC2CCCC2)cc1.O=C(O)C(F)(F)F.O=C(O)C(F)(F)F.O=C(O)c1ccc(CC2CCCC2)cc1.Sc1ccccc1S.[CH3-].[CH3-].[CH3-].[CH3-].[CH3-].[CH3-].[S-]c1ccccc1[S-].[S-]c1ccccc1[S-].[Ti+2].[Ti+4].[Ti+4]. The maximum Gasteiger partial charge on any atom is 4.00 e. The quantitative estimate of drug-likeness (QED) is 0.0232. The van der Waals surface area contributed by atoms with E-state index in [0.29, 0.717) is 16.7 Å². The maximum atomic E-state index is 11.9. The summed E-state index contributed by atoms with van der Waals surface area (Å²) in [4.78, 5) is 57.2. The molecule has 6 fully saturated rings. The number of carboxylic acid groups (broad SMARTS) is 3. The topological polar surface area (TPSA) is 164 Å². The van der Waals surface area contributed by atoms with Crippen LogP contribution in [-0.2, 0) is 154 Å². The molecule has 0 amide bonds. The van der Waals surface area contributed by atoms with Gasteiger partial charge in [0, 0.05) is 9.79 Å². The van der Waals surface area contributed by atoms with Gasteiger partial charge in [0.15, 0.2) is 0 Å². The van der Waals surface area contributed by atoms with E-state index in [1.807, 2.05) is 151 Å². The van der Waals surface area contributed by atoms with Crippen molar-refractivity contribution < 1.29 is 140 Å². The van der Waals surface area contributed by atoms with Gasteiger partial charge in [-0.2, -0.15) is 45.9 Å². The summed E-state index contributed by atoms with van der Waals surface area (Å²) in [5.74, 6) is -4.33. The fraction of sp³-hybridized carbons (Fsp3) is 0.478. The van der Waals surface area contributed by atoms with E-state index in [2.05, 4.69) is 49.5 Å². The third-order valence-corrected chi connectivity index (χ3v) is 19.8. The number of alkyl halides is 6. The Kier molecular flexibility index (Phi) is 77.7. The zero-order valence-electron chi connectivity index (χ0n) is 69.8. The Labute approximate surface area is 767 Å². The van der Waals surface area contributed by atoms with E-state index in [9.17, 15) is 40.7 Å². The molecule has 115 heavy (non-hydrogen) atoms. The molecule has 6 aromatic carbocycles. The van der Waals surface area contributed by atoms with Crippen molar-refractivity contribution in [3.63, 3.8) is 0 Å². The van der Waals surface area contributed by atoms with Gasteiger partial charge in [0.05, 0.1) is 16.7 Å². The zero-order valence-corrected chi connectivity index (χ0v) is 79.5. The normalized spacial score (nSPS) is 14.1. The fourth-order valence-electron chi connectivity index (χ4n) is 11.7. The number of carbonyl (C=O) groups excluding carboxylic acids is 2. The molecule has 0 heterocycles. The number of aromatic carboxylic acids is 1. The van der Waals surface area contributed by atoms with Crippen LogP contribution >= 0.6 is 25.3 Å². The molecule has 0 atom stereocenters. The van der Waals surface area contributed by atoms with Gasteiger partial charge in [0.25, 0.3) is 0 Å². The second-order valence-corrected chi connectivity index (χ2v) is 31.5. The van der Waals surface area contributed by atoms with Crippen molar-refractivity contribution in [2.75, 3.05) is 0 Å². The van der Waals surface area contributed by atoms with Crippen LogP contribution in [0.2, 0.25) is 0 Å². The van der Waals surface area contributed by atoms with Crippen LogP contribution in [0, 0.1) is 62.3 Å². The van der Waals surface area contributed by atoms with E-state index in [1.54, 1.807) is 12.1 Å². The first-order chi connectivity index (χ1) is 49.9. The largest absolute Gasteiger partial charge is 4.00 e. The molecule has 6 aliphatic rings. The number of rotatable bonds is 9. The van der Waals surface area contributed by atoms with Crippen molar-refractivity contribution in [1.82, 2.24) is 0 Å². The Balaban J connectivity index is -0.000000187. The summed E-state index contributed by atoms with van der Waals surface area (Å²) in [7, 11) is 0. The van der Waals surface area contributed by atoms with Crippen LogP contribution in [0.15, 0.2) is 175 Å². The first-order valence-corrected chi connectivity index (χ1v) is 39.4. The smallest absolute Gasteiger partial charge is 0.781 e. The van der Waals surface area contributed by atoms with E-state index in [4.69, 9.17) is 84.9 Å². The molecule has 0 radical (unpaired) electrons. The second kappa shape index (κ2) is 70.6. The molecule has 6 aliphatic carbocycles. The number of ether oxygens (including phenoxy) is 2. The number of hydrogen-bond acceptors (Lipinski definition) is 13. The summed E-state index contributed by atoms with van der Waals surface area (Å²) < 4.78 is 74.2. The summed E-state index contributed by atoms with van der Waals surface area (Å²) in [6.45, 7) is 11.3. The van der Waals surface area contributed by atoms with E-state index in [-0.39, 0.29) is 122 Å². The standard InChI is InChI=1S/2C17H24O2.C13H16O2.3C6H6S2.3C5H10.2C2HF3O2.6CH3.3Ti/c2*1-17(2,3)19-16(18)15-10-8-14(9-11-15)12-13-6-4-5-7-13;14-13(15)12-7-5-11(6-8-12)9-10-3-1-2-4-10;3*7-5-3-1-2-4-6(5)8;3*1-2-4-5-3-1;2*3-2(4,5)1(6)7;;;;;;;;;/h2*8-11,13H,4-7,12H2,1-3H3;5-8,10H,1-4,9H2,(H,14,15);3*1-4,7-8H;3*1-5H2;2*(H,6,7);6*1H3;;;/q;;;;;;;;;;;6*-1;+2;2*+4/p-4. The Hall–Kier alpha value is -4.03. The van der Waals surface area contributed by atoms with Crippen LogP contribution in [-0.4, -0.2) is 68.7 Å². The molecule has 0 aromatic heterocycles. The summed E-state index contributed by atoms with van der Waals surface area (Å²) in [6, 6.07) is 45.7. The predicted molar refractivity (Wildman–Crippen MR) is 465 cm³/mol. The molecule has 6 aromatic rings. The van der Waals surface area contributed by atoms with Crippen LogP contribution in [0.4, 0.5) is 26.3 Å². The molecule has 10 nitrogen and oxygen atoms in total. The van der Waals surface area contributed by atoms with Gasteiger partial charge in [-0.25, -0.2) is 24.0 Å². The molecule has 25 heteroatoms. The predicted octanol–water partition coefficient (Wildman–Crippen LogP) is 26.9. The molecule has 0 saturated heterocycles. The van der Waals surface area contributed by atoms with Gasteiger partial charge >= 0.3 is 107 Å². The van der Waals surface area contributed by atoms with Gasteiger partial charge in [-0.1, -0.05) is 270 Å². The number of hydrogen-bond donors (Lipinski definition) is 5. The first kappa shape index (κ1) is 127. The molecule has 0 aliphatic heterocycles. The molecular weight excluding hydrogens is 1690 g/mol. The molecule has 0 bridgehead atoms. The minimum absolute atomic E-state index is 0. The van der Waals surface area contributed by atoms with Gasteiger partial charge in [0.1, 0.15) is 11.2 Å². The minimum Gasteiger partial charge on any atom is -0.781 e. The van der Waals surface area contributed by atoms with Crippen LogP contribution in [0.3, 0.4) is 0 Å². The second-order valence-electron chi connectivity index (χ2n) is 28.8. The minimum atomic E-state index is -5.08. The number of carboxylic acids is 3. The van der Waals surface area contributed by atoms with E-state index in [0.717, 1.165) is 66.4 Å². The van der Waals surface area contributed by atoms with E-state index < -0.39 is 41.5 Å².